The summed E-state index contributed by atoms with van der Waals surface area (Å²) in [4.78, 5) is 14.6. The summed E-state index contributed by atoms with van der Waals surface area (Å²) in [6, 6.07) is 11.3. The first-order valence-electron chi connectivity index (χ1n) is 10.0. The highest BCUT2D eigenvalue weighted by molar-refractivity contribution is 7.91. The van der Waals surface area contributed by atoms with Gasteiger partial charge in [-0.25, -0.2) is 12.7 Å². The molecule has 1 aromatic carbocycles. The van der Waals surface area contributed by atoms with Crippen LogP contribution in [0.3, 0.4) is 0 Å². The van der Waals surface area contributed by atoms with Gasteiger partial charge in [-0.05, 0) is 60.9 Å². The third-order valence-electron chi connectivity index (χ3n) is 5.34. The van der Waals surface area contributed by atoms with Gasteiger partial charge in [0.1, 0.15) is 4.21 Å². The zero-order chi connectivity index (χ0) is 20.9. The van der Waals surface area contributed by atoms with E-state index in [1.807, 2.05) is 24.3 Å². The molecule has 6 nitrogen and oxygen atoms in total. The minimum absolute atomic E-state index is 0.105. The number of nitrogens with zero attached hydrogens (tertiary/aromatic N) is 2. The molecule has 0 atom stereocenters. The molecule has 0 bridgehead atoms. The Morgan fingerprint density at radius 3 is 2.52 bits per heavy atom. The topological polar surface area (TPSA) is 69.7 Å². The van der Waals surface area contributed by atoms with E-state index in [4.69, 9.17) is 0 Å². The van der Waals surface area contributed by atoms with Gasteiger partial charge in [-0.2, -0.15) is 0 Å². The van der Waals surface area contributed by atoms with E-state index in [0.717, 1.165) is 24.7 Å². The van der Waals surface area contributed by atoms with E-state index < -0.39 is 10.0 Å². The lowest BCUT2D eigenvalue weighted by molar-refractivity contribution is -0.116. The number of piperidine rings is 1. The molecule has 8 heteroatoms. The second-order valence-corrected chi connectivity index (χ2v) is 10.8. The van der Waals surface area contributed by atoms with Crippen LogP contribution in [0.15, 0.2) is 46.0 Å². The van der Waals surface area contributed by atoms with Gasteiger partial charge in [0.2, 0.25) is 5.91 Å². The van der Waals surface area contributed by atoms with Crippen LogP contribution in [0, 0.1) is 5.92 Å². The van der Waals surface area contributed by atoms with Gasteiger partial charge >= 0.3 is 0 Å². The molecule has 3 rings (SSSR count). The van der Waals surface area contributed by atoms with Gasteiger partial charge in [0, 0.05) is 44.5 Å². The van der Waals surface area contributed by atoms with Crippen molar-refractivity contribution in [3.63, 3.8) is 0 Å². The van der Waals surface area contributed by atoms with Crippen molar-refractivity contribution in [2.75, 3.05) is 36.9 Å². The molecule has 29 heavy (non-hydrogen) atoms. The Labute approximate surface area is 177 Å². The predicted molar refractivity (Wildman–Crippen MR) is 119 cm³/mol. The molecule has 1 amide bonds. The summed E-state index contributed by atoms with van der Waals surface area (Å²) in [6.45, 7) is 4.76. The summed E-state index contributed by atoms with van der Waals surface area (Å²) < 4.78 is 26.4. The van der Waals surface area contributed by atoms with Crippen LogP contribution in [-0.4, -0.2) is 45.3 Å². The molecule has 0 unspecified atom stereocenters. The Morgan fingerprint density at radius 2 is 1.90 bits per heavy atom. The SMILES string of the molecule is CC1CCN(c2ccc(NC(=O)CCCN(C)S(=O)(=O)c3cccs3)cc2)CC1. The highest BCUT2D eigenvalue weighted by Crippen LogP contribution is 2.24. The average molecular weight is 436 g/mol. The molecule has 1 N–H and O–H groups in total. The Bertz CT molecular complexity index is 888. The number of nitrogens with one attached hydrogen (secondary N) is 1. The number of anilines is 2. The number of hydrogen-bond acceptors (Lipinski definition) is 5. The minimum Gasteiger partial charge on any atom is -0.372 e. The van der Waals surface area contributed by atoms with Crippen molar-refractivity contribution in [3.8, 4) is 0 Å². The summed E-state index contributed by atoms with van der Waals surface area (Å²) in [5.41, 5.74) is 1.96. The molecule has 2 heterocycles. The lowest BCUT2D eigenvalue weighted by atomic mass is 9.99. The van der Waals surface area contributed by atoms with Gasteiger partial charge in [-0.3, -0.25) is 4.79 Å². The number of benzene rings is 1. The van der Waals surface area contributed by atoms with Crippen molar-refractivity contribution in [3.05, 3.63) is 41.8 Å². The molecule has 158 valence electrons. The second-order valence-electron chi connectivity index (χ2n) is 7.63. The average Bonchev–Trinajstić information content (AvgIpc) is 3.25. The number of carbonyl (C=O) groups excluding carboxylic acids is 1. The Morgan fingerprint density at radius 1 is 1.21 bits per heavy atom. The van der Waals surface area contributed by atoms with Crippen molar-refractivity contribution < 1.29 is 13.2 Å². The van der Waals surface area contributed by atoms with E-state index >= 15 is 0 Å². The van der Waals surface area contributed by atoms with Crippen LogP contribution in [0.5, 0.6) is 0 Å². The summed E-state index contributed by atoms with van der Waals surface area (Å²) in [5, 5.41) is 4.64. The fourth-order valence-corrected chi connectivity index (χ4v) is 5.80. The van der Waals surface area contributed by atoms with Crippen LogP contribution in [0.4, 0.5) is 11.4 Å². The molecule has 1 fully saturated rings. The normalized spacial score (nSPS) is 15.6. The molecular weight excluding hydrogens is 406 g/mol. The summed E-state index contributed by atoms with van der Waals surface area (Å²) >= 11 is 1.20. The Kier molecular flexibility index (Phi) is 7.32. The molecule has 0 spiro atoms. The molecule has 2 aromatic rings. The molecule has 0 saturated carbocycles. The maximum absolute atomic E-state index is 12.4. The van der Waals surface area contributed by atoms with Crippen LogP contribution in [0.1, 0.15) is 32.6 Å². The fourth-order valence-electron chi connectivity index (χ4n) is 3.39. The van der Waals surface area contributed by atoms with Gasteiger partial charge in [0.25, 0.3) is 10.0 Å². The van der Waals surface area contributed by atoms with Crippen LogP contribution < -0.4 is 10.2 Å². The monoisotopic (exact) mass is 435 g/mol. The Hall–Kier alpha value is -1.90. The molecule has 1 aliphatic heterocycles. The number of amides is 1. The number of hydrogen-bond donors (Lipinski definition) is 1. The van der Waals surface area contributed by atoms with Gasteiger partial charge in [0.05, 0.1) is 0 Å². The molecule has 1 saturated heterocycles. The van der Waals surface area contributed by atoms with Crippen LogP contribution in [0.25, 0.3) is 0 Å². The van der Waals surface area contributed by atoms with Gasteiger partial charge in [0.15, 0.2) is 0 Å². The maximum Gasteiger partial charge on any atom is 0.252 e. The van der Waals surface area contributed by atoms with Crippen LogP contribution in [-0.2, 0) is 14.8 Å². The van der Waals surface area contributed by atoms with E-state index in [1.54, 1.807) is 24.6 Å². The van der Waals surface area contributed by atoms with Crippen molar-refractivity contribution in [2.24, 2.45) is 5.92 Å². The number of rotatable bonds is 8. The first-order valence-corrected chi connectivity index (χ1v) is 12.3. The van der Waals surface area contributed by atoms with E-state index in [1.165, 1.54) is 34.2 Å². The molecule has 1 aliphatic rings. The quantitative estimate of drug-likeness (QED) is 0.680. The van der Waals surface area contributed by atoms with Gasteiger partial charge < -0.3 is 10.2 Å². The molecular formula is C21H29N3O3S2. The number of thiophene rings is 1. The van der Waals surface area contributed by atoms with Crippen LogP contribution >= 0.6 is 11.3 Å². The molecule has 1 aromatic heterocycles. The fraction of sp³-hybridized carbons (Fsp3) is 0.476. The largest absolute Gasteiger partial charge is 0.372 e. The van der Waals surface area contributed by atoms with Crippen LogP contribution in [0.2, 0.25) is 0 Å². The first kappa shape index (κ1) is 21.8. The van der Waals surface area contributed by atoms with Crippen molar-refractivity contribution in [1.82, 2.24) is 4.31 Å². The molecule has 0 radical (unpaired) electrons. The van der Waals surface area contributed by atoms with Crippen molar-refractivity contribution >= 4 is 38.6 Å². The summed E-state index contributed by atoms with van der Waals surface area (Å²) in [7, 11) is -1.91. The number of sulfonamides is 1. The lowest BCUT2D eigenvalue weighted by Crippen LogP contribution is -2.32. The standard InChI is InChI=1S/C21H29N3O3S2/c1-17-11-14-24(15-12-17)19-9-7-18(8-10-19)22-20(25)5-3-13-23(2)29(26,27)21-6-4-16-28-21/h4,6-10,16-17H,3,5,11-15H2,1-2H3,(H,22,25). The van der Waals surface area contributed by atoms with Crippen molar-refractivity contribution in [2.45, 2.75) is 36.8 Å². The maximum atomic E-state index is 12.4. The van der Waals surface area contributed by atoms with E-state index in [2.05, 4.69) is 17.1 Å². The van der Waals surface area contributed by atoms with Gasteiger partial charge in [-0.1, -0.05) is 13.0 Å². The number of carbonyl (C=O) groups is 1. The zero-order valence-corrected chi connectivity index (χ0v) is 18.6. The zero-order valence-electron chi connectivity index (χ0n) is 17.0. The minimum atomic E-state index is -3.46. The highest BCUT2D eigenvalue weighted by Gasteiger charge is 2.21. The third-order valence-corrected chi connectivity index (χ3v) is 8.57. The second kappa shape index (κ2) is 9.73. The van der Waals surface area contributed by atoms with Gasteiger partial charge in [-0.15, -0.1) is 11.3 Å². The lowest BCUT2D eigenvalue weighted by Gasteiger charge is -2.32. The van der Waals surface area contributed by atoms with Crippen molar-refractivity contribution in [1.29, 1.82) is 0 Å². The summed E-state index contributed by atoms with van der Waals surface area (Å²) in [5.74, 6) is 0.690. The third kappa shape index (κ3) is 5.81. The highest BCUT2D eigenvalue weighted by atomic mass is 32.2. The Balaban J connectivity index is 1.43. The first-order chi connectivity index (χ1) is 13.9. The predicted octanol–water partition coefficient (Wildman–Crippen LogP) is 4.02. The molecule has 0 aliphatic carbocycles. The van der Waals surface area contributed by atoms with E-state index in [-0.39, 0.29) is 12.3 Å². The smallest absolute Gasteiger partial charge is 0.252 e. The summed E-state index contributed by atoms with van der Waals surface area (Å²) in [6.07, 6.45) is 3.18. The van der Waals surface area contributed by atoms with E-state index in [9.17, 15) is 13.2 Å². The van der Waals surface area contributed by atoms with E-state index in [0.29, 0.717) is 17.2 Å².